The van der Waals surface area contributed by atoms with Crippen molar-refractivity contribution in [2.24, 2.45) is 7.05 Å². The maximum absolute atomic E-state index is 12.0. The van der Waals surface area contributed by atoms with Gasteiger partial charge < -0.3 is 10.1 Å². The summed E-state index contributed by atoms with van der Waals surface area (Å²) in [5.41, 5.74) is 0.532. The van der Waals surface area contributed by atoms with Crippen molar-refractivity contribution in [1.82, 2.24) is 15.1 Å². The number of carbonyl (C=O) groups excluding carboxylic acids is 1. The molecule has 0 spiro atoms. The van der Waals surface area contributed by atoms with E-state index >= 15 is 0 Å². The molecule has 2 aromatic rings. The van der Waals surface area contributed by atoms with Crippen LogP contribution in [0.2, 0.25) is 5.02 Å². The third kappa shape index (κ3) is 4.23. The van der Waals surface area contributed by atoms with E-state index in [4.69, 9.17) is 16.3 Å². The number of hydrogen-bond acceptors (Lipinski definition) is 3. The third-order valence-corrected chi connectivity index (χ3v) is 3.36. The summed E-state index contributed by atoms with van der Waals surface area (Å²) in [6.07, 6.45) is 3.83. The summed E-state index contributed by atoms with van der Waals surface area (Å²) in [5.74, 6) is 0.464. The van der Waals surface area contributed by atoms with Gasteiger partial charge in [-0.05, 0) is 18.6 Å². The molecule has 0 aliphatic heterocycles. The van der Waals surface area contributed by atoms with E-state index in [2.05, 4.69) is 10.4 Å². The van der Waals surface area contributed by atoms with Crippen LogP contribution in [0.1, 0.15) is 23.7 Å². The van der Waals surface area contributed by atoms with Gasteiger partial charge in [-0.15, -0.1) is 0 Å². The molecule has 1 heterocycles. The van der Waals surface area contributed by atoms with Crippen LogP contribution >= 0.6 is 11.6 Å². The van der Waals surface area contributed by atoms with Crippen molar-refractivity contribution in [3.05, 3.63) is 47.2 Å². The number of nitrogens with zero attached hydrogens (tertiary/aromatic N) is 2. The number of carbonyl (C=O) groups is 1. The standard InChI is InChI=1S/C15H18ClN3O2/c1-3-12(21-14-7-5-4-6-13(14)16)9-17-15(20)11-8-18-19(2)10-11/h4-8,10,12H,3,9H2,1-2H3,(H,17,20). The van der Waals surface area contributed by atoms with Crippen molar-refractivity contribution >= 4 is 17.5 Å². The first-order valence-electron chi connectivity index (χ1n) is 6.78. The summed E-state index contributed by atoms with van der Waals surface area (Å²) < 4.78 is 7.41. The van der Waals surface area contributed by atoms with Gasteiger partial charge in [-0.3, -0.25) is 9.48 Å². The number of hydrogen-bond donors (Lipinski definition) is 1. The Morgan fingerprint density at radius 1 is 1.48 bits per heavy atom. The number of benzene rings is 1. The Morgan fingerprint density at radius 2 is 2.24 bits per heavy atom. The number of aryl methyl sites for hydroxylation is 1. The lowest BCUT2D eigenvalue weighted by molar-refractivity contribution is 0.0926. The molecule has 0 saturated heterocycles. The van der Waals surface area contributed by atoms with E-state index in [-0.39, 0.29) is 12.0 Å². The normalized spacial score (nSPS) is 12.0. The second kappa shape index (κ2) is 7.13. The molecule has 0 radical (unpaired) electrons. The second-order valence-corrected chi connectivity index (χ2v) is 5.10. The first kappa shape index (κ1) is 15.4. The van der Waals surface area contributed by atoms with Crippen LogP contribution in [0.5, 0.6) is 5.75 Å². The predicted octanol–water partition coefficient (Wildman–Crippen LogP) is 2.66. The highest BCUT2D eigenvalue weighted by Crippen LogP contribution is 2.24. The van der Waals surface area contributed by atoms with Gasteiger partial charge in [-0.2, -0.15) is 5.10 Å². The molecule has 6 heteroatoms. The number of amides is 1. The van der Waals surface area contributed by atoms with Crippen molar-refractivity contribution in [3.8, 4) is 5.75 Å². The first-order valence-corrected chi connectivity index (χ1v) is 7.16. The molecule has 0 bridgehead atoms. The molecule has 1 amide bonds. The van der Waals surface area contributed by atoms with Gasteiger partial charge in [0.2, 0.25) is 0 Å². The van der Waals surface area contributed by atoms with Gasteiger partial charge in [-0.1, -0.05) is 30.7 Å². The van der Waals surface area contributed by atoms with Crippen LogP contribution in [-0.2, 0) is 7.05 Å². The molecular formula is C15H18ClN3O2. The van der Waals surface area contributed by atoms with Crippen LogP contribution in [0, 0.1) is 0 Å². The monoisotopic (exact) mass is 307 g/mol. The Labute approximate surface area is 128 Å². The Hall–Kier alpha value is -2.01. The van der Waals surface area contributed by atoms with Crippen LogP contribution in [0.3, 0.4) is 0 Å². The second-order valence-electron chi connectivity index (χ2n) is 4.69. The van der Waals surface area contributed by atoms with E-state index < -0.39 is 0 Å². The Morgan fingerprint density at radius 3 is 2.86 bits per heavy atom. The van der Waals surface area contributed by atoms with E-state index in [0.717, 1.165) is 6.42 Å². The lowest BCUT2D eigenvalue weighted by Gasteiger charge is -2.18. The molecule has 112 valence electrons. The number of rotatable bonds is 6. The topological polar surface area (TPSA) is 56.2 Å². The average Bonchev–Trinajstić information content (AvgIpc) is 2.91. The zero-order valence-electron chi connectivity index (χ0n) is 12.0. The summed E-state index contributed by atoms with van der Waals surface area (Å²) in [7, 11) is 1.77. The van der Waals surface area contributed by atoms with Crippen molar-refractivity contribution < 1.29 is 9.53 Å². The minimum Gasteiger partial charge on any atom is -0.487 e. The largest absolute Gasteiger partial charge is 0.487 e. The summed E-state index contributed by atoms with van der Waals surface area (Å²) in [4.78, 5) is 12.0. The van der Waals surface area contributed by atoms with Crippen molar-refractivity contribution in [3.63, 3.8) is 0 Å². The highest BCUT2D eigenvalue weighted by atomic mass is 35.5. The first-order chi connectivity index (χ1) is 10.1. The number of para-hydroxylation sites is 1. The molecule has 21 heavy (non-hydrogen) atoms. The Kier molecular flexibility index (Phi) is 5.22. The summed E-state index contributed by atoms with van der Waals surface area (Å²) in [6, 6.07) is 7.30. The molecule has 1 atom stereocenters. The van der Waals surface area contributed by atoms with E-state index in [0.29, 0.717) is 22.9 Å². The lowest BCUT2D eigenvalue weighted by atomic mass is 10.2. The minimum atomic E-state index is -0.163. The zero-order valence-corrected chi connectivity index (χ0v) is 12.8. The SMILES string of the molecule is CCC(CNC(=O)c1cnn(C)c1)Oc1ccccc1Cl. The van der Waals surface area contributed by atoms with E-state index in [9.17, 15) is 4.79 Å². The van der Waals surface area contributed by atoms with E-state index in [1.807, 2.05) is 25.1 Å². The molecule has 0 saturated carbocycles. The molecule has 1 unspecified atom stereocenters. The smallest absolute Gasteiger partial charge is 0.254 e. The van der Waals surface area contributed by atoms with Crippen molar-refractivity contribution in [2.45, 2.75) is 19.4 Å². The van der Waals surface area contributed by atoms with Gasteiger partial charge in [-0.25, -0.2) is 0 Å². The van der Waals surface area contributed by atoms with Gasteiger partial charge in [0.25, 0.3) is 5.91 Å². The lowest BCUT2D eigenvalue weighted by Crippen LogP contribution is -2.34. The summed E-state index contributed by atoms with van der Waals surface area (Å²) in [6.45, 7) is 2.41. The van der Waals surface area contributed by atoms with Crippen LogP contribution in [0.15, 0.2) is 36.7 Å². The fourth-order valence-corrected chi connectivity index (χ4v) is 2.02. The van der Waals surface area contributed by atoms with Crippen molar-refractivity contribution in [2.75, 3.05) is 6.54 Å². The fraction of sp³-hybridized carbons (Fsp3) is 0.333. The molecule has 1 aromatic heterocycles. The molecule has 2 rings (SSSR count). The third-order valence-electron chi connectivity index (χ3n) is 3.04. The molecule has 0 fully saturated rings. The van der Waals surface area contributed by atoms with Gasteiger partial charge >= 0.3 is 0 Å². The van der Waals surface area contributed by atoms with Gasteiger partial charge in [0, 0.05) is 13.2 Å². The highest BCUT2D eigenvalue weighted by Gasteiger charge is 2.13. The molecule has 1 aromatic carbocycles. The van der Waals surface area contributed by atoms with Gasteiger partial charge in [0.05, 0.1) is 23.3 Å². The Balaban J connectivity index is 1.91. The average molecular weight is 308 g/mol. The molecule has 5 nitrogen and oxygen atoms in total. The van der Waals surface area contributed by atoms with Crippen LogP contribution in [-0.4, -0.2) is 28.3 Å². The van der Waals surface area contributed by atoms with E-state index in [1.165, 1.54) is 6.20 Å². The maximum atomic E-state index is 12.0. The highest BCUT2D eigenvalue weighted by molar-refractivity contribution is 6.32. The fourth-order valence-electron chi connectivity index (χ4n) is 1.84. The quantitative estimate of drug-likeness (QED) is 0.892. The van der Waals surface area contributed by atoms with Crippen LogP contribution in [0.25, 0.3) is 0 Å². The predicted molar refractivity (Wildman–Crippen MR) is 81.7 cm³/mol. The number of nitrogens with one attached hydrogen (secondary N) is 1. The number of aromatic nitrogens is 2. The van der Waals surface area contributed by atoms with Crippen LogP contribution < -0.4 is 10.1 Å². The summed E-state index contributed by atoms with van der Waals surface area (Å²) >= 11 is 6.06. The van der Waals surface area contributed by atoms with Crippen molar-refractivity contribution in [1.29, 1.82) is 0 Å². The molecule has 1 N–H and O–H groups in total. The molecule has 0 aliphatic carbocycles. The number of halogens is 1. The number of ether oxygens (including phenoxy) is 1. The minimum absolute atomic E-state index is 0.134. The molecular weight excluding hydrogens is 290 g/mol. The van der Waals surface area contributed by atoms with Gasteiger partial charge in [0.15, 0.2) is 0 Å². The van der Waals surface area contributed by atoms with Gasteiger partial charge in [0.1, 0.15) is 11.9 Å². The zero-order chi connectivity index (χ0) is 15.2. The Bertz CT molecular complexity index is 612. The van der Waals surface area contributed by atoms with Crippen LogP contribution in [0.4, 0.5) is 0 Å². The van der Waals surface area contributed by atoms with E-state index in [1.54, 1.807) is 24.0 Å². The summed E-state index contributed by atoms with van der Waals surface area (Å²) in [5, 5.41) is 7.38. The maximum Gasteiger partial charge on any atom is 0.254 e. The molecule has 0 aliphatic rings.